The van der Waals surface area contributed by atoms with Crippen molar-refractivity contribution in [1.82, 2.24) is 4.98 Å². The predicted octanol–water partition coefficient (Wildman–Crippen LogP) is 4.60. The summed E-state index contributed by atoms with van der Waals surface area (Å²) in [5, 5.41) is 10.7. The van der Waals surface area contributed by atoms with Gasteiger partial charge in [0.1, 0.15) is 0 Å². The Bertz CT molecular complexity index is 851. The number of H-pyrrole nitrogens is 1. The Balaban J connectivity index is 1.77. The van der Waals surface area contributed by atoms with E-state index < -0.39 is 5.97 Å². The predicted molar refractivity (Wildman–Crippen MR) is 95.6 cm³/mol. The standard InChI is InChI=1S/C20H20N2O2/c23-20(24)15-8-2-4-10-18(15)22-12-6-5-11-19(22)17-13-14-7-1-3-9-16(14)21-17/h1-4,7-10,13,19,21H,5-6,11-12H2,(H,23,24). The number of hydrogen-bond donors (Lipinski definition) is 2. The van der Waals surface area contributed by atoms with Crippen LogP contribution in [0.2, 0.25) is 0 Å². The van der Waals surface area contributed by atoms with E-state index in [1.807, 2.05) is 24.3 Å². The van der Waals surface area contributed by atoms with Crippen LogP contribution in [0.5, 0.6) is 0 Å². The van der Waals surface area contributed by atoms with Gasteiger partial charge in [-0.25, -0.2) is 4.79 Å². The fourth-order valence-corrected chi connectivity index (χ4v) is 3.72. The molecule has 2 heterocycles. The number of nitrogens with zero attached hydrogens (tertiary/aromatic N) is 1. The summed E-state index contributed by atoms with van der Waals surface area (Å²) in [6, 6.07) is 17.9. The lowest BCUT2D eigenvalue weighted by Gasteiger charge is -2.37. The minimum absolute atomic E-state index is 0.187. The number of para-hydroxylation sites is 2. The number of piperidine rings is 1. The Morgan fingerprint density at radius 3 is 2.71 bits per heavy atom. The number of nitrogens with one attached hydrogen (secondary N) is 1. The number of carbonyl (C=O) groups is 1. The van der Waals surface area contributed by atoms with Gasteiger partial charge in [0.2, 0.25) is 0 Å². The van der Waals surface area contributed by atoms with Gasteiger partial charge < -0.3 is 15.0 Å². The first-order chi connectivity index (χ1) is 11.7. The Hall–Kier alpha value is -2.75. The van der Waals surface area contributed by atoms with Crippen LogP contribution in [0.25, 0.3) is 10.9 Å². The lowest BCUT2D eigenvalue weighted by Crippen LogP contribution is -2.34. The van der Waals surface area contributed by atoms with Gasteiger partial charge in [0.15, 0.2) is 0 Å². The summed E-state index contributed by atoms with van der Waals surface area (Å²) in [7, 11) is 0. The van der Waals surface area contributed by atoms with Gasteiger partial charge in [-0.1, -0.05) is 30.3 Å². The molecule has 4 heteroatoms. The van der Waals surface area contributed by atoms with Crippen LogP contribution in [0.15, 0.2) is 54.6 Å². The van der Waals surface area contributed by atoms with Gasteiger partial charge in [0, 0.05) is 17.8 Å². The first-order valence-electron chi connectivity index (χ1n) is 8.40. The second-order valence-corrected chi connectivity index (χ2v) is 6.34. The summed E-state index contributed by atoms with van der Waals surface area (Å²) in [5.74, 6) is -0.869. The van der Waals surface area contributed by atoms with E-state index in [2.05, 4.69) is 28.1 Å². The van der Waals surface area contributed by atoms with E-state index in [4.69, 9.17) is 0 Å². The molecule has 122 valence electrons. The normalized spacial score (nSPS) is 18.0. The Morgan fingerprint density at radius 2 is 1.88 bits per heavy atom. The maximum Gasteiger partial charge on any atom is 0.337 e. The highest BCUT2D eigenvalue weighted by atomic mass is 16.4. The third kappa shape index (κ3) is 2.54. The van der Waals surface area contributed by atoms with Crippen molar-refractivity contribution in [3.05, 3.63) is 65.9 Å². The van der Waals surface area contributed by atoms with Gasteiger partial charge in [0.25, 0.3) is 0 Å². The zero-order chi connectivity index (χ0) is 16.5. The van der Waals surface area contributed by atoms with Crippen molar-refractivity contribution in [3.63, 3.8) is 0 Å². The molecule has 1 aliphatic rings. The second kappa shape index (κ2) is 6.04. The van der Waals surface area contributed by atoms with E-state index in [9.17, 15) is 9.90 Å². The zero-order valence-corrected chi connectivity index (χ0v) is 13.4. The number of rotatable bonds is 3. The third-order valence-electron chi connectivity index (χ3n) is 4.86. The van der Waals surface area contributed by atoms with Crippen molar-refractivity contribution < 1.29 is 9.90 Å². The molecule has 0 bridgehead atoms. The molecule has 4 rings (SSSR count). The maximum absolute atomic E-state index is 11.6. The fraction of sp³-hybridized carbons (Fsp3) is 0.250. The molecule has 2 aromatic carbocycles. The first kappa shape index (κ1) is 14.8. The Labute approximate surface area is 140 Å². The van der Waals surface area contributed by atoms with E-state index in [0.29, 0.717) is 5.56 Å². The van der Waals surface area contributed by atoms with Crippen molar-refractivity contribution >= 4 is 22.6 Å². The molecule has 1 aromatic heterocycles. The molecule has 0 saturated carbocycles. The highest BCUT2D eigenvalue weighted by Gasteiger charge is 2.28. The summed E-state index contributed by atoms with van der Waals surface area (Å²) in [6.45, 7) is 0.879. The average molecular weight is 320 g/mol. The molecule has 4 nitrogen and oxygen atoms in total. The lowest BCUT2D eigenvalue weighted by atomic mass is 9.97. The van der Waals surface area contributed by atoms with Gasteiger partial charge in [-0.15, -0.1) is 0 Å². The van der Waals surface area contributed by atoms with Crippen molar-refractivity contribution in [3.8, 4) is 0 Å². The number of aromatic carboxylic acids is 1. The van der Waals surface area contributed by atoms with E-state index in [1.54, 1.807) is 12.1 Å². The Morgan fingerprint density at radius 1 is 1.08 bits per heavy atom. The van der Waals surface area contributed by atoms with Crippen molar-refractivity contribution in [2.24, 2.45) is 0 Å². The van der Waals surface area contributed by atoms with Crippen LogP contribution in [-0.2, 0) is 0 Å². The Kier molecular flexibility index (Phi) is 3.73. The molecule has 1 aliphatic heterocycles. The summed E-state index contributed by atoms with van der Waals surface area (Å²) < 4.78 is 0. The molecular formula is C20H20N2O2. The molecular weight excluding hydrogens is 300 g/mol. The average Bonchev–Trinajstić information content (AvgIpc) is 3.05. The summed E-state index contributed by atoms with van der Waals surface area (Å²) in [6.07, 6.45) is 3.28. The number of aromatic amines is 1. The molecule has 0 amide bonds. The van der Waals surface area contributed by atoms with Crippen molar-refractivity contribution in [2.75, 3.05) is 11.4 Å². The number of carboxylic acids is 1. The maximum atomic E-state index is 11.6. The molecule has 3 aromatic rings. The van der Waals surface area contributed by atoms with Crippen LogP contribution in [-0.4, -0.2) is 22.6 Å². The summed E-state index contributed by atoms with van der Waals surface area (Å²) >= 11 is 0. The van der Waals surface area contributed by atoms with Gasteiger partial charge in [0.05, 0.1) is 17.3 Å². The van der Waals surface area contributed by atoms with Crippen LogP contribution < -0.4 is 4.90 Å². The third-order valence-corrected chi connectivity index (χ3v) is 4.86. The second-order valence-electron chi connectivity index (χ2n) is 6.34. The molecule has 0 aliphatic carbocycles. The highest BCUT2D eigenvalue weighted by Crippen LogP contribution is 2.37. The molecule has 24 heavy (non-hydrogen) atoms. The highest BCUT2D eigenvalue weighted by molar-refractivity contribution is 5.94. The summed E-state index contributed by atoms with van der Waals surface area (Å²) in [4.78, 5) is 17.4. The van der Waals surface area contributed by atoms with Gasteiger partial charge in [-0.2, -0.15) is 0 Å². The van der Waals surface area contributed by atoms with E-state index >= 15 is 0 Å². The number of carboxylic acid groups (broad SMARTS) is 1. The van der Waals surface area contributed by atoms with Crippen LogP contribution in [0, 0.1) is 0 Å². The molecule has 1 unspecified atom stereocenters. The number of anilines is 1. The molecule has 0 spiro atoms. The molecule has 1 atom stereocenters. The largest absolute Gasteiger partial charge is 0.478 e. The zero-order valence-electron chi connectivity index (χ0n) is 13.4. The monoisotopic (exact) mass is 320 g/mol. The lowest BCUT2D eigenvalue weighted by molar-refractivity contribution is 0.0697. The van der Waals surface area contributed by atoms with Crippen molar-refractivity contribution in [2.45, 2.75) is 25.3 Å². The number of fused-ring (bicyclic) bond motifs is 1. The van der Waals surface area contributed by atoms with Crippen LogP contribution in [0.4, 0.5) is 5.69 Å². The van der Waals surface area contributed by atoms with E-state index in [-0.39, 0.29) is 6.04 Å². The van der Waals surface area contributed by atoms with Crippen LogP contribution in [0.1, 0.15) is 41.4 Å². The van der Waals surface area contributed by atoms with E-state index in [1.165, 1.54) is 5.39 Å². The number of aromatic nitrogens is 1. The van der Waals surface area contributed by atoms with Gasteiger partial charge in [-0.3, -0.25) is 0 Å². The van der Waals surface area contributed by atoms with Gasteiger partial charge in [-0.05, 0) is 48.9 Å². The minimum Gasteiger partial charge on any atom is -0.478 e. The minimum atomic E-state index is -0.869. The van der Waals surface area contributed by atoms with E-state index in [0.717, 1.165) is 42.7 Å². The topological polar surface area (TPSA) is 56.3 Å². The molecule has 1 fully saturated rings. The molecule has 2 N–H and O–H groups in total. The number of benzene rings is 2. The molecule has 1 saturated heterocycles. The van der Waals surface area contributed by atoms with Gasteiger partial charge >= 0.3 is 5.97 Å². The van der Waals surface area contributed by atoms with Crippen molar-refractivity contribution in [1.29, 1.82) is 0 Å². The van der Waals surface area contributed by atoms with Crippen LogP contribution >= 0.6 is 0 Å². The first-order valence-corrected chi connectivity index (χ1v) is 8.40. The SMILES string of the molecule is O=C(O)c1ccccc1N1CCCCC1c1cc2ccccc2[nH]1. The molecule has 0 radical (unpaired) electrons. The number of hydrogen-bond acceptors (Lipinski definition) is 2. The smallest absolute Gasteiger partial charge is 0.337 e. The van der Waals surface area contributed by atoms with Crippen LogP contribution in [0.3, 0.4) is 0 Å². The summed E-state index contributed by atoms with van der Waals surface area (Å²) in [5.41, 5.74) is 3.48. The fourth-order valence-electron chi connectivity index (χ4n) is 3.72. The quantitative estimate of drug-likeness (QED) is 0.741.